The van der Waals surface area contributed by atoms with E-state index in [1.807, 2.05) is 0 Å². The lowest BCUT2D eigenvalue weighted by atomic mass is 9.86. The molecule has 2 saturated carbocycles. The number of hydrogen-bond donors (Lipinski definition) is 1. The van der Waals surface area contributed by atoms with Crippen molar-refractivity contribution in [3.8, 4) is 0 Å². The van der Waals surface area contributed by atoms with Gasteiger partial charge in [0.25, 0.3) is 0 Å². The average Bonchev–Trinajstić information content (AvgIpc) is 2.65. The fraction of sp³-hybridized carbons (Fsp3) is 1.00. The third kappa shape index (κ3) is 2.82. The molecular formula is C16H30ClN2+. The Labute approximate surface area is 123 Å². The number of nitrogens with zero attached hydrogens (tertiary/aromatic N) is 1. The summed E-state index contributed by atoms with van der Waals surface area (Å²) in [5.74, 6) is 0.854. The van der Waals surface area contributed by atoms with Crippen molar-refractivity contribution in [2.24, 2.45) is 5.92 Å². The van der Waals surface area contributed by atoms with Crippen molar-refractivity contribution in [3.05, 3.63) is 0 Å². The van der Waals surface area contributed by atoms with Crippen LogP contribution in [-0.2, 0) is 0 Å². The number of nitrogens with one attached hydrogen (secondary N) is 1. The van der Waals surface area contributed by atoms with Gasteiger partial charge in [0.2, 0.25) is 0 Å². The Balaban J connectivity index is 1.65. The SMILES string of the molecule is CC1N(CC2CCCC(Cl)C2)C2CCCCC2[NH+]1C. The van der Waals surface area contributed by atoms with Gasteiger partial charge < -0.3 is 4.90 Å². The van der Waals surface area contributed by atoms with Gasteiger partial charge in [0.1, 0.15) is 12.2 Å². The van der Waals surface area contributed by atoms with Crippen LogP contribution in [0.5, 0.6) is 0 Å². The number of alkyl halides is 1. The molecule has 3 aliphatic rings. The van der Waals surface area contributed by atoms with E-state index in [0.29, 0.717) is 11.5 Å². The molecule has 0 radical (unpaired) electrons. The standard InChI is InChI=1S/C16H29ClN2/c1-12-18(2)15-8-3-4-9-16(15)19(12)11-13-6-5-7-14(17)10-13/h12-16H,3-11H2,1-2H3/p+1. The monoisotopic (exact) mass is 285 g/mol. The van der Waals surface area contributed by atoms with Gasteiger partial charge in [-0.3, -0.25) is 0 Å². The first-order valence-electron chi connectivity index (χ1n) is 8.40. The number of quaternary nitrogens is 1. The van der Waals surface area contributed by atoms with Crippen LogP contribution in [0.25, 0.3) is 0 Å². The topological polar surface area (TPSA) is 7.68 Å². The molecule has 1 aliphatic heterocycles. The van der Waals surface area contributed by atoms with Gasteiger partial charge in [-0.15, -0.1) is 11.6 Å². The molecule has 3 heteroatoms. The van der Waals surface area contributed by atoms with Gasteiger partial charge in [0.15, 0.2) is 0 Å². The van der Waals surface area contributed by atoms with Crippen molar-refractivity contribution in [2.45, 2.75) is 81.9 Å². The van der Waals surface area contributed by atoms with E-state index >= 15 is 0 Å². The highest BCUT2D eigenvalue weighted by Gasteiger charge is 2.48. The fourth-order valence-corrected chi connectivity index (χ4v) is 5.29. The first-order chi connectivity index (χ1) is 9.16. The molecule has 3 rings (SSSR count). The zero-order chi connectivity index (χ0) is 13.4. The Morgan fingerprint density at radius 2 is 1.89 bits per heavy atom. The van der Waals surface area contributed by atoms with Crippen LogP contribution in [0.2, 0.25) is 0 Å². The van der Waals surface area contributed by atoms with E-state index in [1.54, 1.807) is 4.90 Å². The second kappa shape index (κ2) is 5.91. The minimum atomic E-state index is 0.448. The lowest BCUT2D eigenvalue weighted by molar-refractivity contribution is -0.921. The van der Waals surface area contributed by atoms with Gasteiger partial charge in [0, 0.05) is 25.3 Å². The Morgan fingerprint density at radius 1 is 1.11 bits per heavy atom. The molecule has 0 amide bonds. The van der Waals surface area contributed by atoms with E-state index in [2.05, 4.69) is 18.9 Å². The van der Waals surface area contributed by atoms with Gasteiger partial charge in [-0.2, -0.15) is 0 Å². The van der Waals surface area contributed by atoms with Crippen molar-refractivity contribution in [1.29, 1.82) is 0 Å². The third-order valence-corrected chi connectivity index (χ3v) is 6.48. The minimum absolute atomic E-state index is 0.448. The summed E-state index contributed by atoms with van der Waals surface area (Å²) in [6, 6.07) is 1.76. The maximum Gasteiger partial charge on any atom is 0.141 e. The molecule has 6 atom stereocenters. The summed E-state index contributed by atoms with van der Waals surface area (Å²) in [5, 5.41) is 0.448. The van der Waals surface area contributed by atoms with Crippen LogP contribution in [-0.4, -0.2) is 42.1 Å². The van der Waals surface area contributed by atoms with Crippen molar-refractivity contribution >= 4 is 11.6 Å². The van der Waals surface area contributed by atoms with E-state index in [0.717, 1.165) is 18.0 Å². The van der Waals surface area contributed by atoms with E-state index in [4.69, 9.17) is 11.6 Å². The van der Waals surface area contributed by atoms with Crippen molar-refractivity contribution in [1.82, 2.24) is 4.90 Å². The summed E-state index contributed by atoms with van der Waals surface area (Å²) < 4.78 is 0. The predicted octanol–water partition coefficient (Wildman–Crippen LogP) is 2.27. The van der Waals surface area contributed by atoms with Crippen LogP contribution in [0.3, 0.4) is 0 Å². The molecule has 0 spiro atoms. The fourth-order valence-electron chi connectivity index (χ4n) is 4.88. The van der Waals surface area contributed by atoms with E-state index in [1.165, 1.54) is 57.9 Å². The van der Waals surface area contributed by atoms with Crippen LogP contribution >= 0.6 is 11.6 Å². The Morgan fingerprint density at radius 3 is 2.68 bits per heavy atom. The van der Waals surface area contributed by atoms with Crippen LogP contribution in [0, 0.1) is 5.92 Å². The van der Waals surface area contributed by atoms with E-state index < -0.39 is 0 Å². The normalized spacial score (nSPS) is 48.2. The molecular weight excluding hydrogens is 256 g/mol. The van der Waals surface area contributed by atoms with Gasteiger partial charge in [-0.05, 0) is 38.0 Å². The number of hydrogen-bond acceptors (Lipinski definition) is 1. The van der Waals surface area contributed by atoms with Gasteiger partial charge in [0.05, 0.1) is 13.1 Å². The van der Waals surface area contributed by atoms with Crippen LogP contribution in [0.4, 0.5) is 0 Å². The molecule has 1 saturated heterocycles. The van der Waals surface area contributed by atoms with E-state index in [9.17, 15) is 0 Å². The molecule has 1 N–H and O–H groups in total. The smallest absolute Gasteiger partial charge is 0.141 e. The quantitative estimate of drug-likeness (QED) is 0.765. The molecule has 6 unspecified atom stereocenters. The average molecular weight is 286 g/mol. The van der Waals surface area contributed by atoms with Crippen LogP contribution < -0.4 is 4.90 Å². The maximum absolute atomic E-state index is 6.38. The lowest BCUT2D eigenvalue weighted by Gasteiger charge is -2.33. The summed E-state index contributed by atoms with van der Waals surface area (Å²) in [6.45, 7) is 3.75. The van der Waals surface area contributed by atoms with Gasteiger partial charge in [-0.1, -0.05) is 12.8 Å². The van der Waals surface area contributed by atoms with Gasteiger partial charge in [-0.25, -0.2) is 4.90 Å². The number of halogens is 1. The highest BCUT2D eigenvalue weighted by molar-refractivity contribution is 6.20. The van der Waals surface area contributed by atoms with Crippen molar-refractivity contribution < 1.29 is 4.90 Å². The lowest BCUT2D eigenvalue weighted by Crippen LogP contribution is -3.15. The second-order valence-electron chi connectivity index (χ2n) is 7.20. The zero-order valence-electron chi connectivity index (χ0n) is 12.6. The van der Waals surface area contributed by atoms with Crippen molar-refractivity contribution in [3.63, 3.8) is 0 Å². The zero-order valence-corrected chi connectivity index (χ0v) is 13.3. The maximum atomic E-state index is 6.38. The summed E-state index contributed by atoms with van der Waals surface area (Å²) in [5.41, 5.74) is 0. The number of fused-ring (bicyclic) bond motifs is 1. The third-order valence-electron chi connectivity index (χ3n) is 6.08. The van der Waals surface area contributed by atoms with Gasteiger partial charge >= 0.3 is 0 Å². The summed E-state index contributed by atoms with van der Waals surface area (Å²) in [7, 11) is 2.42. The first kappa shape index (κ1) is 14.2. The molecule has 0 aromatic rings. The molecule has 110 valence electrons. The molecule has 0 aromatic heterocycles. The van der Waals surface area contributed by atoms with E-state index in [-0.39, 0.29) is 0 Å². The number of likely N-dealkylation sites (N-methyl/N-ethyl adjacent to an activating group) is 1. The Kier molecular flexibility index (Phi) is 4.40. The predicted molar refractivity (Wildman–Crippen MR) is 80.7 cm³/mol. The summed E-state index contributed by atoms with van der Waals surface area (Å²) >= 11 is 6.38. The largest absolute Gasteiger partial charge is 0.319 e. The Hall–Kier alpha value is 0.210. The van der Waals surface area contributed by atoms with Crippen LogP contribution in [0.15, 0.2) is 0 Å². The highest BCUT2D eigenvalue weighted by Crippen LogP contribution is 2.32. The Bertz CT molecular complexity index is 309. The molecule has 19 heavy (non-hydrogen) atoms. The van der Waals surface area contributed by atoms with Crippen molar-refractivity contribution in [2.75, 3.05) is 13.6 Å². The van der Waals surface area contributed by atoms with Crippen LogP contribution in [0.1, 0.15) is 58.3 Å². The molecule has 3 fully saturated rings. The molecule has 0 bridgehead atoms. The highest BCUT2D eigenvalue weighted by atomic mass is 35.5. The number of rotatable bonds is 2. The molecule has 2 aliphatic carbocycles. The minimum Gasteiger partial charge on any atom is -0.319 e. The molecule has 1 heterocycles. The molecule has 0 aromatic carbocycles. The molecule has 2 nitrogen and oxygen atoms in total. The first-order valence-corrected chi connectivity index (χ1v) is 8.83. The second-order valence-corrected chi connectivity index (χ2v) is 7.82. The summed E-state index contributed by atoms with van der Waals surface area (Å²) in [6.07, 6.45) is 11.7. The summed E-state index contributed by atoms with van der Waals surface area (Å²) in [4.78, 5) is 4.61.